The van der Waals surface area contributed by atoms with Crippen molar-refractivity contribution >= 4 is 11.0 Å². The van der Waals surface area contributed by atoms with Gasteiger partial charge in [-0.05, 0) is 30.9 Å². The molecule has 3 N–H and O–H groups in total. The Morgan fingerprint density at radius 3 is 2.94 bits per heavy atom. The van der Waals surface area contributed by atoms with E-state index in [0.29, 0.717) is 0 Å². The lowest BCUT2D eigenvalue weighted by atomic mass is 10.00. The number of hydrogen-bond donors (Lipinski definition) is 2. The number of rotatable bonds is 6. The molecule has 4 nitrogen and oxygen atoms in total. The highest BCUT2D eigenvalue weighted by atomic mass is 15.2. The van der Waals surface area contributed by atoms with Gasteiger partial charge in [-0.25, -0.2) is 0 Å². The van der Waals surface area contributed by atoms with Crippen molar-refractivity contribution in [3.05, 3.63) is 48.8 Å². The first kappa shape index (κ1) is 12.7. The maximum atomic E-state index is 5.65. The summed E-state index contributed by atoms with van der Waals surface area (Å²) in [5.74, 6) is 5.65. The molecule has 0 saturated carbocycles. The van der Waals surface area contributed by atoms with Crippen molar-refractivity contribution in [3.8, 4) is 0 Å². The number of aromatic nitrogens is 2. The maximum Gasteiger partial charge on any atom is 0.0935 e. The zero-order valence-electron chi connectivity index (χ0n) is 10.3. The Morgan fingerprint density at radius 2 is 2.17 bits per heavy atom. The fourth-order valence-electron chi connectivity index (χ4n) is 2.09. The molecule has 0 saturated heterocycles. The van der Waals surface area contributed by atoms with Crippen molar-refractivity contribution in [1.82, 2.24) is 15.4 Å². The van der Waals surface area contributed by atoms with E-state index in [0.717, 1.165) is 35.9 Å². The van der Waals surface area contributed by atoms with Gasteiger partial charge in [0.2, 0.25) is 0 Å². The van der Waals surface area contributed by atoms with Gasteiger partial charge >= 0.3 is 0 Å². The van der Waals surface area contributed by atoms with Crippen molar-refractivity contribution in [2.45, 2.75) is 25.3 Å². The molecular weight excluding hydrogens is 224 g/mol. The van der Waals surface area contributed by atoms with Crippen LogP contribution in [-0.2, 0) is 0 Å². The number of nitrogens with zero attached hydrogens (tertiary/aromatic N) is 2. The second-order valence-corrected chi connectivity index (χ2v) is 4.21. The Hall–Kier alpha value is -1.78. The number of para-hydroxylation sites is 1. The van der Waals surface area contributed by atoms with E-state index in [1.54, 1.807) is 12.4 Å². The Bertz CT molecular complexity index is 519. The van der Waals surface area contributed by atoms with Crippen LogP contribution in [0.2, 0.25) is 0 Å². The van der Waals surface area contributed by atoms with E-state index in [1.807, 2.05) is 18.2 Å². The van der Waals surface area contributed by atoms with Gasteiger partial charge in [0.05, 0.1) is 11.0 Å². The van der Waals surface area contributed by atoms with E-state index in [2.05, 4.69) is 28.0 Å². The molecule has 0 spiro atoms. The molecule has 1 atom stereocenters. The number of unbranched alkanes of at least 4 members (excludes halogenated alkanes) is 1. The third kappa shape index (κ3) is 2.72. The Balaban J connectivity index is 2.29. The number of benzene rings is 1. The molecule has 2 aromatic rings. The highest BCUT2D eigenvalue weighted by Gasteiger charge is 2.13. The van der Waals surface area contributed by atoms with Crippen LogP contribution in [0, 0.1) is 0 Å². The van der Waals surface area contributed by atoms with Gasteiger partial charge in [0.25, 0.3) is 0 Å². The summed E-state index contributed by atoms with van der Waals surface area (Å²) in [5, 5.41) is 0. The highest BCUT2D eigenvalue weighted by Crippen LogP contribution is 2.24. The second-order valence-electron chi connectivity index (χ2n) is 4.21. The zero-order chi connectivity index (χ0) is 12.8. The van der Waals surface area contributed by atoms with Crippen LogP contribution in [0.3, 0.4) is 0 Å². The molecule has 0 aliphatic carbocycles. The molecule has 4 heteroatoms. The Morgan fingerprint density at radius 1 is 1.33 bits per heavy atom. The lowest BCUT2D eigenvalue weighted by Gasteiger charge is -2.17. The monoisotopic (exact) mass is 242 g/mol. The molecule has 0 aliphatic rings. The molecule has 0 radical (unpaired) electrons. The van der Waals surface area contributed by atoms with E-state index >= 15 is 0 Å². The van der Waals surface area contributed by atoms with E-state index in [-0.39, 0.29) is 6.04 Å². The lowest BCUT2D eigenvalue weighted by Crippen LogP contribution is -2.28. The molecule has 0 amide bonds. The molecule has 0 aliphatic heterocycles. The molecule has 1 unspecified atom stereocenters. The molecule has 1 aromatic heterocycles. The first-order valence-electron chi connectivity index (χ1n) is 6.13. The topological polar surface area (TPSA) is 63.8 Å². The summed E-state index contributed by atoms with van der Waals surface area (Å²) in [5.41, 5.74) is 5.79. The van der Waals surface area contributed by atoms with E-state index < -0.39 is 0 Å². The fourth-order valence-corrected chi connectivity index (χ4v) is 2.09. The summed E-state index contributed by atoms with van der Waals surface area (Å²) >= 11 is 0. The first-order chi connectivity index (χ1) is 8.86. The van der Waals surface area contributed by atoms with Crippen molar-refractivity contribution in [2.24, 2.45) is 5.84 Å². The zero-order valence-corrected chi connectivity index (χ0v) is 10.3. The second kappa shape index (κ2) is 6.23. The predicted octanol–water partition coefficient (Wildman–Crippen LogP) is 2.49. The average molecular weight is 242 g/mol. The van der Waals surface area contributed by atoms with Gasteiger partial charge in [0.1, 0.15) is 0 Å². The molecule has 2 rings (SSSR count). The molecule has 94 valence electrons. The van der Waals surface area contributed by atoms with Crippen LogP contribution in [0.15, 0.2) is 43.2 Å². The van der Waals surface area contributed by atoms with Crippen molar-refractivity contribution in [1.29, 1.82) is 0 Å². The van der Waals surface area contributed by atoms with E-state index in [9.17, 15) is 0 Å². The SMILES string of the molecule is C=CCCCC(NN)c1cccc2nccnc12. The molecular formula is C14H18N4. The molecule has 18 heavy (non-hydrogen) atoms. The van der Waals surface area contributed by atoms with E-state index in [1.165, 1.54) is 0 Å². The minimum Gasteiger partial charge on any atom is -0.271 e. The Labute approximate surface area is 107 Å². The van der Waals surface area contributed by atoms with Gasteiger partial charge in [-0.15, -0.1) is 6.58 Å². The first-order valence-corrected chi connectivity index (χ1v) is 6.13. The van der Waals surface area contributed by atoms with Gasteiger partial charge in [0, 0.05) is 18.4 Å². The smallest absolute Gasteiger partial charge is 0.0935 e. The number of nitrogens with one attached hydrogen (secondary N) is 1. The summed E-state index contributed by atoms with van der Waals surface area (Å²) in [6.07, 6.45) is 8.34. The molecule has 1 aromatic carbocycles. The van der Waals surface area contributed by atoms with Crippen molar-refractivity contribution < 1.29 is 0 Å². The van der Waals surface area contributed by atoms with Crippen LogP contribution in [0.25, 0.3) is 11.0 Å². The molecule has 0 fully saturated rings. The summed E-state index contributed by atoms with van der Waals surface area (Å²) < 4.78 is 0. The number of hydrazine groups is 1. The quantitative estimate of drug-likeness (QED) is 0.353. The normalized spacial score (nSPS) is 12.5. The van der Waals surface area contributed by atoms with Crippen LogP contribution < -0.4 is 11.3 Å². The third-order valence-electron chi connectivity index (χ3n) is 3.01. The van der Waals surface area contributed by atoms with Gasteiger partial charge < -0.3 is 0 Å². The number of nitrogens with two attached hydrogens (primary N) is 1. The number of fused-ring (bicyclic) bond motifs is 1. The summed E-state index contributed by atoms with van der Waals surface area (Å²) in [4.78, 5) is 8.71. The summed E-state index contributed by atoms with van der Waals surface area (Å²) in [7, 11) is 0. The van der Waals surface area contributed by atoms with E-state index in [4.69, 9.17) is 5.84 Å². The Kier molecular flexibility index (Phi) is 4.39. The van der Waals surface area contributed by atoms with Crippen LogP contribution >= 0.6 is 0 Å². The standard InChI is InChI=1S/C14H18N4/c1-2-3-4-7-12(18-15)11-6-5-8-13-14(11)17-10-9-16-13/h2,5-6,8-10,12,18H,1,3-4,7,15H2. The number of hydrogen-bond acceptors (Lipinski definition) is 4. The summed E-state index contributed by atoms with van der Waals surface area (Å²) in [6.45, 7) is 3.73. The fraction of sp³-hybridized carbons (Fsp3) is 0.286. The van der Waals surface area contributed by atoms with Crippen LogP contribution in [0.4, 0.5) is 0 Å². The average Bonchev–Trinajstić information content (AvgIpc) is 2.43. The van der Waals surface area contributed by atoms with Crippen LogP contribution in [-0.4, -0.2) is 9.97 Å². The van der Waals surface area contributed by atoms with Gasteiger partial charge in [-0.3, -0.25) is 21.2 Å². The third-order valence-corrected chi connectivity index (χ3v) is 3.01. The largest absolute Gasteiger partial charge is 0.271 e. The highest BCUT2D eigenvalue weighted by molar-refractivity contribution is 5.78. The minimum atomic E-state index is 0.102. The van der Waals surface area contributed by atoms with Crippen molar-refractivity contribution in [3.63, 3.8) is 0 Å². The maximum absolute atomic E-state index is 5.65. The van der Waals surface area contributed by atoms with Crippen molar-refractivity contribution in [2.75, 3.05) is 0 Å². The predicted molar refractivity (Wildman–Crippen MR) is 73.7 cm³/mol. The molecule has 0 bridgehead atoms. The van der Waals surface area contributed by atoms with Gasteiger partial charge in [-0.1, -0.05) is 18.2 Å². The van der Waals surface area contributed by atoms with Crippen LogP contribution in [0.1, 0.15) is 30.9 Å². The molecule has 1 heterocycles. The van der Waals surface area contributed by atoms with Gasteiger partial charge in [-0.2, -0.15) is 0 Å². The van der Waals surface area contributed by atoms with Crippen LogP contribution in [0.5, 0.6) is 0 Å². The minimum absolute atomic E-state index is 0.102. The number of allylic oxidation sites excluding steroid dienone is 1. The lowest BCUT2D eigenvalue weighted by molar-refractivity contribution is 0.503. The summed E-state index contributed by atoms with van der Waals surface area (Å²) in [6, 6.07) is 6.10. The van der Waals surface area contributed by atoms with Gasteiger partial charge in [0.15, 0.2) is 0 Å².